The fraction of sp³-hybridized carbons (Fsp3) is 0.875. The van der Waals surface area contributed by atoms with Gasteiger partial charge in [-0.05, 0) is 6.92 Å². The van der Waals surface area contributed by atoms with E-state index in [0.29, 0.717) is 0 Å². The highest BCUT2D eigenvalue weighted by Gasteiger charge is 2.38. The number of hydrogen-bond acceptors (Lipinski definition) is 3. The number of thioether (sulfide) groups is 1. The molecule has 0 aromatic carbocycles. The van der Waals surface area contributed by atoms with Gasteiger partial charge in [-0.2, -0.15) is 0 Å². The van der Waals surface area contributed by atoms with Crippen molar-refractivity contribution < 1.29 is 9.53 Å². The second kappa shape index (κ2) is 2.70. The van der Waals surface area contributed by atoms with Crippen LogP contribution in [0.5, 0.6) is 0 Å². The van der Waals surface area contributed by atoms with Gasteiger partial charge in [-0.1, -0.05) is 20.8 Å². The van der Waals surface area contributed by atoms with Crippen molar-refractivity contribution in [2.24, 2.45) is 5.41 Å². The van der Waals surface area contributed by atoms with Gasteiger partial charge in [0.1, 0.15) is 5.25 Å². The van der Waals surface area contributed by atoms with E-state index in [2.05, 4.69) is 20.8 Å². The van der Waals surface area contributed by atoms with Crippen LogP contribution in [-0.4, -0.2) is 16.7 Å². The molecule has 0 spiro atoms. The van der Waals surface area contributed by atoms with Crippen LogP contribution in [0.4, 0.5) is 0 Å². The molecular weight excluding hydrogens is 160 g/mol. The first-order valence-electron chi connectivity index (χ1n) is 3.77. The lowest BCUT2D eigenvalue weighted by Gasteiger charge is -2.23. The van der Waals surface area contributed by atoms with Crippen LogP contribution in [0.3, 0.4) is 0 Å². The molecule has 2 unspecified atom stereocenters. The van der Waals surface area contributed by atoms with Crippen molar-refractivity contribution in [2.75, 3.05) is 0 Å². The summed E-state index contributed by atoms with van der Waals surface area (Å²) in [6.07, 6.45) is 0. The van der Waals surface area contributed by atoms with E-state index in [1.54, 1.807) is 11.8 Å². The smallest absolute Gasteiger partial charge is 0.320 e. The standard InChI is InChI=1S/C8H14O2S/c1-5-6(9)10-7(11-5)8(2,3)4/h5,7H,1-4H3. The van der Waals surface area contributed by atoms with Gasteiger partial charge in [0, 0.05) is 5.41 Å². The number of ether oxygens (including phenoxy) is 1. The van der Waals surface area contributed by atoms with Gasteiger partial charge in [0.2, 0.25) is 0 Å². The summed E-state index contributed by atoms with van der Waals surface area (Å²) in [6, 6.07) is 0. The van der Waals surface area contributed by atoms with Crippen LogP contribution in [0, 0.1) is 5.41 Å². The van der Waals surface area contributed by atoms with Crippen molar-refractivity contribution >= 4 is 17.7 Å². The Morgan fingerprint density at radius 1 is 1.45 bits per heavy atom. The first-order chi connectivity index (χ1) is 4.91. The summed E-state index contributed by atoms with van der Waals surface area (Å²) >= 11 is 1.61. The maximum absolute atomic E-state index is 11.0. The SMILES string of the molecule is CC1SC(C(C)(C)C)OC1=O. The minimum atomic E-state index is -0.0741. The molecular formula is C8H14O2S. The van der Waals surface area contributed by atoms with Crippen molar-refractivity contribution in [3.63, 3.8) is 0 Å². The maximum Gasteiger partial charge on any atom is 0.320 e. The van der Waals surface area contributed by atoms with Crippen LogP contribution in [-0.2, 0) is 9.53 Å². The number of hydrogen-bond donors (Lipinski definition) is 0. The lowest BCUT2D eigenvalue weighted by molar-refractivity contribution is -0.144. The van der Waals surface area contributed by atoms with Gasteiger partial charge in [-0.25, -0.2) is 0 Å². The summed E-state index contributed by atoms with van der Waals surface area (Å²) in [5.74, 6) is -0.0741. The second-order valence-electron chi connectivity index (χ2n) is 3.91. The predicted octanol–water partition coefficient (Wildman–Crippen LogP) is 2.04. The minimum absolute atomic E-state index is 0.0132. The molecule has 11 heavy (non-hydrogen) atoms. The normalized spacial score (nSPS) is 32.2. The number of esters is 1. The highest BCUT2D eigenvalue weighted by atomic mass is 32.2. The van der Waals surface area contributed by atoms with Gasteiger partial charge < -0.3 is 4.74 Å². The third-order valence-electron chi connectivity index (χ3n) is 1.59. The molecule has 0 aromatic heterocycles. The lowest BCUT2D eigenvalue weighted by Crippen LogP contribution is -2.23. The maximum atomic E-state index is 11.0. The number of rotatable bonds is 0. The summed E-state index contributed by atoms with van der Waals surface area (Å²) in [5.41, 5.74) is 0.0930. The van der Waals surface area contributed by atoms with Crippen molar-refractivity contribution in [3.8, 4) is 0 Å². The van der Waals surface area contributed by atoms with E-state index in [1.807, 2.05) is 6.92 Å². The first-order valence-corrected chi connectivity index (χ1v) is 4.71. The van der Waals surface area contributed by atoms with E-state index in [0.717, 1.165) is 0 Å². The van der Waals surface area contributed by atoms with Gasteiger partial charge in [-0.15, -0.1) is 11.8 Å². The zero-order valence-corrected chi connectivity index (χ0v) is 8.20. The first kappa shape index (κ1) is 8.91. The second-order valence-corrected chi connectivity index (χ2v) is 5.32. The Balaban J connectivity index is 2.61. The quantitative estimate of drug-likeness (QED) is 0.526. The van der Waals surface area contributed by atoms with Gasteiger partial charge in [0.15, 0.2) is 5.44 Å². The number of cyclic esters (lactones) is 1. The summed E-state index contributed by atoms with van der Waals surface area (Å²) in [6.45, 7) is 8.13. The molecule has 1 aliphatic rings. The highest BCUT2D eigenvalue weighted by molar-refractivity contribution is 8.01. The van der Waals surface area contributed by atoms with Crippen LogP contribution in [0.1, 0.15) is 27.7 Å². The van der Waals surface area contributed by atoms with E-state index < -0.39 is 0 Å². The van der Waals surface area contributed by atoms with Gasteiger partial charge in [0.05, 0.1) is 0 Å². The third kappa shape index (κ3) is 1.89. The summed E-state index contributed by atoms with van der Waals surface area (Å²) in [5, 5.41) is 0.0132. The Morgan fingerprint density at radius 2 is 2.00 bits per heavy atom. The lowest BCUT2D eigenvalue weighted by atomic mass is 9.98. The number of carbonyl (C=O) groups is 1. The highest BCUT2D eigenvalue weighted by Crippen LogP contribution is 2.39. The summed E-state index contributed by atoms with van der Waals surface area (Å²) in [4.78, 5) is 11.0. The molecule has 1 fully saturated rings. The molecule has 1 saturated heterocycles. The molecule has 1 heterocycles. The van der Waals surface area contributed by atoms with Crippen LogP contribution in [0.25, 0.3) is 0 Å². The van der Waals surface area contributed by atoms with E-state index in [9.17, 15) is 4.79 Å². The zero-order valence-electron chi connectivity index (χ0n) is 7.38. The van der Waals surface area contributed by atoms with Crippen LogP contribution < -0.4 is 0 Å². The predicted molar refractivity (Wildman–Crippen MR) is 46.4 cm³/mol. The Morgan fingerprint density at radius 3 is 2.18 bits per heavy atom. The average molecular weight is 174 g/mol. The van der Waals surface area contributed by atoms with E-state index in [-0.39, 0.29) is 22.1 Å². The van der Waals surface area contributed by atoms with Crippen molar-refractivity contribution in [1.29, 1.82) is 0 Å². The topological polar surface area (TPSA) is 26.3 Å². The molecule has 0 N–H and O–H groups in total. The molecule has 0 saturated carbocycles. The Labute approximate surface area is 71.7 Å². The molecule has 1 aliphatic heterocycles. The summed E-state index contributed by atoms with van der Waals surface area (Å²) in [7, 11) is 0. The van der Waals surface area contributed by atoms with E-state index in [1.165, 1.54) is 0 Å². The van der Waals surface area contributed by atoms with Crippen LogP contribution in [0.2, 0.25) is 0 Å². The Hall–Kier alpha value is -0.180. The number of carbonyl (C=O) groups excluding carboxylic acids is 1. The third-order valence-corrected chi connectivity index (χ3v) is 3.24. The van der Waals surface area contributed by atoms with E-state index >= 15 is 0 Å². The molecule has 0 radical (unpaired) electrons. The molecule has 3 heteroatoms. The van der Waals surface area contributed by atoms with Crippen LogP contribution in [0.15, 0.2) is 0 Å². The zero-order chi connectivity index (χ0) is 8.65. The Bertz CT molecular complexity index is 171. The van der Waals surface area contributed by atoms with Crippen molar-refractivity contribution in [1.82, 2.24) is 0 Å². The largest absolute Gasteiger partial charge is 0.450 e. The molecule has 0 amide bonds. The van der Waals surface area contributed by atoms with Crippen molar-refractivity contribution in [2.45, 2.75) is 38.4 Å². The Kier molecular flexibility index (Phi) is 2.19. The molecule has 64 valence electrons. The van der Waals surface area contributed by atoms with E-state index in [4.69, 9.17) is 4.74 Å². The fourth-order valence-electron chi connectivity index (χ4n) is 0.851. The van der Waals surface area contributed by atoms with Gasteiger partial charge >= 0.3 is 5.97 Å². The molecule has 0 bridgehead atoms. The molecule has 2 atom stereocenters. The molecule has 1 rings (SSSR count). The minimum Gasteiger partial charge on any atom is -0.450 e. The van der Waals surface area contributed by atoms with Crippen LogP contribution >= 0.6 is 11.8 Å². The average Bonchev–Trinajstić information content (AvgIpc) is 2.11. The molecule has 0 aromatic rings. The van der Waals surface area contributed by atoms with Crippen molar-refractivity contribution in [3.05, 3.63) is 0 Å². The molecule has 2 nitrogen and oxygen atoms in total. The van der Waals surface area contributed by atoms with Gasteiger partial charge in [0.25, 0.3) is 0 Å². The monoisotopic (exact) mass is 174 g/mol. The fourth-order valence-corrected chi connectivity index (χ4v) is 1.95. The molecule has 0 aliphatic carbocycles. The van der Waals surface area contributed by atoms with Gasteiger partial charge in [-0.3, -0.25) is 4.79 Å². The summed E-state index contributed by atoms with van der Waals surface area (Å²) < 4.78 is 5.16.